The number of nitrogens with zero attached hydrogens (tertiary/aromatic N) is 4. The number of phenolic OH excluding ortho intramolecular Hbond substituents is 1. The molecule has 3 aliphatic heterocycles. The Morgan fingerprint density at radius 3 is 2.75 bits per heavy atom. The Labute approximate surface area is 277 Å². The number of nitrogens with one attached hydrogen (secondary N) is 1. The summed E-state index contributed by atoms with van der Waals surface area (Å²) in [6, 6.07) is 8.93. The van der Waals surface area contributed by atoms with Crippen molar-refractivity contribution in [1.29, 1.82) is 0 Å². The van der Waals surface area contributed by atoms with Crippen LogP contribution in [0.4, 0.5) is 19.0 Å². The normalized spacial score (nSPS) is 23.7. The lowest BCUT2D eigenvalue weighted by Gasteiger charge is -2.43. The summed E-state index contributed by atoms with van der Waals surface area (Å²) in [5, 5.41) is 15.5. The molecule has 3 aliphatic rings. The Morgan fingerprint density at radius 1 is 1.12 bits per heavy atom. The van der Waals surface area contributed by atoms with Crippen LogP contribution in [0, 0.1) is 24.0 Å². The molecule has 0 bridgehead atoms. The van der Waals surface area contributed by atoms with Crippen molar-refractivity contribution in [3.8, 4) is 35.2 Å². The predicted molar refractivity (Wildman–Crippen MR) is 180 cm³/mol. The minimum atomic E-state index is -0.682. The van der Waals surface area contributed by atoms with Crippen molar-refractivity contribution in [2.75, 3.05) is 57.9 Å². The van der Waals surface area contributed by atoms with Gasteiger partial charge in [0, 0.05) is 49.6 Å². The van der Waals surface area contributed by atoms with Crippen molar-refractivity contribution in [2.24, 2.45) is 0 Å². The van der Waals surface area contributed by atoms with E-state index < -0.39 is 11.6 Å². The van der Waals surface area contributed by atoms with Crippen molar-refractivity contribution in [1.82, 2.24) is 20.2 Å². The highest BCUT2D eigenvalue weighted by Crippen LogP contribution is 2.43. The minimum Gasteiger partial charge on any atom is -0.508 e. The molecule has 3 aromatic carbocycles. The van der Waals surface area contributed by atoms with E-state index in [1.54, 1.807) is 19.2 Å². The zero-order valence-electron chi connectivity index (χ0n) is 27.1. The maximum Gasteiger partial charge on any atom is 0.319 e. The topological polar surface area (TPSA) is 83.0 Å². The van der Waals surface area contributed by atoms with Gasteiger partial charge in [0.25, 0.3) is 0 Å². The molecule has 0 spiro atoms. The van der Waals surface area contributed by atoms with Crippen LogP contribution in [0.5, 0.6) is 11.8 Å². The molecule has 1 aromatic heterocycles. The summed E-state index contributed by atoms with van der Waals surface area (Å²) in [6.07, 6.45) is 9.57. The molecule has 0 amide bonds. The average Bonchev–Trinajstić information content (AvgIpc) is 3.65. The minimum absolute atomic E-state index is 0.0101. The molecule has 3 fully saturated rings. The maximum absolute atomic E-state index is 17.0. The standard InChI is InChI=1S/C37H38F3N5O3/c1-4-26-30(39)10-7-24-15-25(46)16-29(31(24)26)27-8-9-28-33(32(27)40)42-35(48-22-37-11-6-13-45(37)19-23(17-37)18-38)43-34(28)44-14-12-41-36(5-2,20-44)21-47-3/h1,7-10,15-16,18,41,46H,5-6,11-14,17,19-22H2,2-3H3/b23-18+/t36-,37?/m1/s1. The van der Waals surface area contributed by atoms with E-state index in [0.717, 1.165) is 31.4 Å². The number of halogens is 3. The van der Waals surface area contributed by atoms with Crippen LogP contribution in [-0.2, 0) is 4.74 Å². The van der Waals surface area contributed by atoms with Crippen LogP contribution in [0.1, 0.15) is 38.2 Å². The van der Waals surface area contributed by atoms with Crippen LogP contribution < -0.4 is 15.0 Å². The zero-order chi connectivity index (χ0) is 33.6. The summed E-state index contributed by atoms with van der Waals surface area (Å²) in [6.45, 7) is 6.01. The Hall–Kier alpha value is -4.37. The van der Waals surface area contributed by atoms with Crippen molar-refractivity contribution < 1.29 is 27.8 Å². The van der Waals surface area contributed by atoms with Crippen molar-refractivity contribution in [3.05, 3.63) is 65.5 Å². The molecule has 4 heterocycles. The van der Waals surface area contributed by atoms with Gasteiger partial charge >= 0.3 is 6.01 Å². The molecule has 0 aliphatic carbocycles. The third-order valence-electron chi connectivity index (χ3n) is 10.3. The van der Waals surface area contributed by atoms with Crippen LogP contribution in [0.3, 0.4) is 0 Å². The molecule has 250 valence electrons. The number of hydrogen-bond acceptors (Lipinski definition) is 8. The van der Waals surface area contributed by atoms with Gasteiger partial charge in [-0.15, -0.1) is 6.42 Å². The number of terminal acetylenes is 1. The second-order valence-electron chi connectivity index (χ2n) is 13.2. The smallest absolute Gasteiger partial charge is 0.319 e. The Balaban J connectivity index is 1.38. The number of piperazine rings is 1. The molecule has 0 radical (unpaired) electrons. The molecule has 2 atom stereocenters. The van der Waals surface area contributed by atoms with Gasteiger partial charge in [-0.25, -0.2) is 13.2 Å². The largest absolute Gasteiger partial charge is 0.508 e. The molecule has 8 nitrogen and oxygen atoms in total. The number of ether oxygens (including phenoxy) is 2. The SMILES string of the molecule is C#Cc1c(F)ccc2cc(O)cc(-c3ccc4c(N5CCN[C@@](CC)(COC)C5)nc(OCC56CCCN5C/C(=C/F)C6)nc4c3F)c12. The van der Waals surface area contributed by atoms with Crippen LogP contribution >= 0.6 is 0 Å². The summed E-state index contributed by atoms with van der Waals surface area (Å²) >= 11 is 0. The number of fused-ring (bicyclic) bond motifs is 3. The number of phenols is 1. The summed E-state index contributed by atoms with van der Waals surface area (Å²) in [5.41, 5.74) is 0.334. The highest BCUT2D eigenvalue weighted by atomic mass is 19.1. The predicted octanol–water partition coefficient (Wildman–Crippen LogP) is 6.09. The lowest BCUT2D eigenvalue weighted by atomic mass is 9.92. The number of methoxy groups -OCH3 is 1. The van der Waals surface area contributed by atoms with Gasteiger partial charge in [0.1, 0.15) is 29.5 Å². The first-order chi connectivity index (χ1) is 23.2. The number of hydrogen-bond donors (Lipinski definition) is 2. The van der Waals surface area contributed by atoms with Crippen LogP contribution in [0.25, 0.3) is 32.8 Å². The van der Waals surface area contributed by atoms with Gasteiger partial charge in [-0.1, -0.05) is 25.0 Å². The lowest BCUT2D eigenvalue weighted by molar-refractivity contribution is 0.101. The molecule has 4 aromatic rings. The number of aromatic hydroxyl groups is 1. The molecular weight excluding hydrogens is 619 g/mol. The number of benzene rings is 3. The summed E-state index contributed by atoms with van der Waals surface area (Å²) < 4.78 is 57.4. The highest BCUT2D eigenvalue weighted by molar-refractivity contribution is 6.04. The zero-order valence-corrected chi connectivity index (χ0v) is 27.1. The van der Waals surface area contributed by atoms with E-state index in [-0.39, 0.29) is 51.7 Å². The van der Waals surface area contributed by atoms with Gasteiger partial charge in [0.2, 0.25) is 0 Å². The van der Waals surface area contributed by atoms with Gasteiger partial charge in [-0.2, -0.15) is 9.97 Å². The Morgan fingerprint density at radius 2 is 1.98 bits per heavy atom. The van der Waals surface area contributed by atoms with Crippen molar-refractivity contribution >= 4 is 27.5 Å². The van der Waals surface area contributed by atoms with Gasteiger partial charge in [-0.3, -0.25) is 4.90 Å². The molecular formula is C37H38F3N5O3. The highest BCUT2D eigenvalue weighted by Gasteiger charge is 2.47. The van der Waals surface area contributed by atoms with Crippen LogP contribution in [0.2, 0.25) is 0 Å². The molecule has 7 rings (SSSR count). The van der Waals surface area contributed by atoms with Gasteiger partial charge in [0.05, 0.1) is 29.6 Å². The van der Waals surface area contributed by atoms with E-state index in [1.165, 1.54) is 24.3 Å². The third-order valence-corrected chi connectivity index (χ3v) is 10.3. The molecule has 1 unspecified atom stereocenters. The summed E-state index contributed by atoms with van der Waals surface area (Å²) in [5.74, 6) is 1.50. The van der Waals surface area contributed by atoms with E-state index >= 15 is 4.39 Å². The van der Waals surface area contributed by atoms with E-state index in [4.69, 9.17) is 20.9 Å². The van der Waals surface area contributed by atoms with E-state index in [1.807, 2.05) is 0 Å². The Kier molecular flexibility index (Phi) is 8.44. The molecule has 48 heavy (non-hydrogen) atoms. The first-order valence-corrected chi connectivity index (χ1v) is 16.3. The van der Waals surface area contributed by atoms with E-state index in [9.17, 15) is 13.9 Å². The molecule has 3 saturated heterocycles. The fourth-order valence-corrected chi connectivity index (χ4v) is 7.92. The van der Waals surface area contributed by atoms with Gasteiger partial charge in [0.15, 0.2) is 5.82 Å². The Bertz CT molecular complexity index is 1980. The summed E-state index contributed by atoms with van der Waals surface area (Å²) in [7, 11) is 1.67. The van der Waals surface area contributed by atoms with E-state index in [2.05, 4.69) is 32.9 Å². The van der Waals surface area contributed by atoms with Gasteiger partial charge < -0.3 is 24.8 Å². The van der Waals surface area contributed by atoms with Crippen molar-refractivity contribution in [3.63, 3.8) is 0 Å². The first-order valence-electron chi connectivity index (χ1n) is 16.3. The monoisotopic (exact) mass is 657 g/mol. The average molecular weight is 658 g/mol. The second kappa shape index (κ2) is 12.6. The molecule has 0 saturated carbocycles. The van der Waals surface area contributed by atoms with Crippen LogP contribution in [-0.4, -0.2) is 84.1 Å². The number of rotatable bonds is 8. The summed E-state index contributed by atoms with van der Waals surface area (Å²) in [4.78, 5) is 13.8. The maximum atomic E-state index is 17.0. The molecule has 11 heteroatoms. The second-order valence-corrected chi connectivity index (χ2v) is 13.2. The van der Waals surface area contributed by atoms with Crippen molar-refractivity contribution in [2.45, 2.75) is 43.7 Å². The van der Waals surface area contributed by atoms with Crippen LogP contribution in [0.15, 0.2) is 48.3 Å². The number of aromatic nitrogens is 2. The van der Waals surface area contributed by atoms with Gasteiger partial charge in [-0.05, 0) is 73.0 Å². The molecule has 2 N–H and O–H groups in total. The van der Waals surface area contributed by atoms with E-state index in [0.29, 0.717) is 67.5 Å². The third kappa shape index (κ3) is 5.42. The fourth-order valence-electron chi connectivity index (χ4n) is 7.92. The lowest BCUT2D eigenvalue weighted by Crippen LogP contribution is -2.62. The fraction of sp³-hybridized carbons (Fsp3) is 0.405. The first kappa shape index (κ1) is 32.2. The number of anilines is 1. The quantitative estimate of drug-likeness (QED) is 0.221.